The van der Waals surface area contributed by atoms with Gasteiger partial charge < -0.3 is 20.5 Å². The summed E-state index contributed by atoms with van der Waals surface area (Å²) in [5.74, 6) is 6.68. The van der Waals surface area contributed by atoms with E-state index in [0.29, 0.717) is 23.0 Å². The van der Waals surface area contributed by atoms with E-state index in [-0.39, 0.29) is 6.61 Å². The van der Waals surface area contributed by atoms with Gasteiger partial charge >= 0.3 is 0 Å². The smallest absolute Gasteiger partial charge is 0.166 e. The van der Waals surface area contributed by atoms with Crippen LogP contribution in [0.2, 0.25) is 0 Å². The number of hydrogen-bond donors (Lipinski definition) is 2. The van der Waals surface area contributed by atoms with Crippen molar-refractivity contribution in [1.29, 1.82) is 0 Å². The molecule has 1 aliphatic heterocycles. The van der Waals surface area contributed by atoms with Crippen LogP contribution in [0.15, 0.2) is 42.7 Å². The summed E-state index contributed by atoms with van der Waals surface area (Å²) >= 11 is 1.71. The summed E-state index contributed by atoms with van der Waals surface area (Å²) in [5.41, 5.74) is 6.88. The number of halogens is 1. The van der Waals surface area contributed by atoms with Crippen molar-refractivity contribution < 1.29 is 14.2 Å². The normalized spacial score (nSPS) is 16.5. The highest BCUT2D eigenvalue weighted by Gasteiger charge is 2.21. The average Bonchev–Trinajstić information content (AvgIpc) is 3.33. The van der Waals surface area contributed by atoms with Crippen LogP contribution in [0.5, 0.6) is 5.75 Å². The second kappa shape index (κ2) is 10.5. The van der Waals surface area contributed by atoms with Crippen molar-refractivity contribution >= 4 is 17.2 Å². The number of rotatable bonds is 6. The molecule has 1 fully saturated rings. The van der Waals surface area contributed by atoms with E-state index < -0.39 is 12.3 Å². The molecule has 3 N–H and O–H groups in total. The zero-order valence-corrected chi connectivity index (χ0v) is 20.2. The molecule has 0 spiro atoms. The lowest BCUT2D eigenvalue weighted by atomic mass is 9.98. The molecule has 1 saturated heterocycles. The largest absolute Gasteiger partial charge is 0.485 e. The molecule has 3 aromatic rings. The minimum absolute atomic E-state index is 0.272. The lowest BCUT2D eigenvalue weighted by molar-refractivity contribution is 0.0905. The van der Waals surface area contributed by atoms with E-state index in [2.05, 4.69) is 33.8 Å². The van der Waals surface area contributed by atoms with E-state index in [4.69, 9.17) is 10.5 Å². The van der Waals surface area contributed by atoms with E-state index in [1.165, 1.54) is 11.9 Å². The Balaban J connectivity index is 1.45. The molecule has 34 heavy (non-hydrogen) atoms. The number of nitrogens with two attached hydrogens (primary N) is 1. The Morgan fingerprint density at radius 3 is 2.82 bits per heavy atom. The number of aromatic nitrogens is 2. The van der Waals surface area contributed by atoms with E-state index >= 15 is 0 Å². The van der Waals surface area contributed by atoms with Crippen LogP contribution in [0.25, 0.3) is 10.4 Å². The van der Waals surface area contributed by atoms with Gasteiger partial charge in [0.05, 0.1) is 9.88 Å². The second-order valence-electron chi connectivity index (χ2n) is 8.89. The van der Waals surface area contributed by atoms with Gasteiger partial charge in [-0.15, -0.1) is 11.3 Å². The zero-order valence-electron chi connectivity index (χ0n) is 19.4. The van der Waals surface area contributed by atoms with Crippen LogP contribution < -0.4 is 10.5 Å². The summed E-state index contributed by atoms with van der Waals surface area (Å²) in [6.45, 7) is 2.89. The SMILES string of the molecule is CN1CCC(c2ncc(-c3cnc(N)c(OCc4cccc(C#CC(C)(O)CF)c4)c3)s2)CC1. The minimum atomic E-state index is -1.66. The van der Waals surface area contributed by atoms with Crippen LogP contribution in [0.3, 0.4) is 0 Å². The van der Waals surface area contributed by atoms with E-state index in [9.17, 15) is 9.50 Å². The molecule has 3 heterocycles. The number of aliphatic hydroxyl groups is 1. The van der Waals surface area contributed by atoms with E-state index in [1.54, 1.807) is 23.6 Å². The van der Waals surface area contributed by atoms with Crippen molar-refractivity contribution in [3.8, 4) is 28.0 Å². The van der Waals surface area contributed by atoms with Crippen LogP contribution in [-0.2, 0) is 6.61 Å². The number of piperidine rings is 1. The second-order valence-corrected chi connectivity index (χ2v) is 9.96. The first-order valence-electron chi connectivity index (χ1n) is 11.3. The summed E-state index contributed by atoms with van der Waals surface area (Å²) in [4.78, 5) is 12.4. The molecule has 0 saturated carbocycles. The van der Waals surface area contributed by atoms with Crippen LogP contribution in [-0.4, -0.2) is 52.4 Å². The van der Waals surface area contributed by atoms with Crippen molar-refractivity contribution in [3.63, 3.8) is 0 Å². The molecule has 1 aliphatic rings. The number of hydrogen-bond acceptors (Lipinski definition) is 7. The maximum Gasteiger partial charge on any atom is 0.166 e. The molecule has 0 radical (unpaired) electrons. The summed E-state index contributed by atoms with van der Waals surface area (Å²) in [5, 5.41) is 10.9. The first-order chi connectivity index (χ1) is 16.3. The maximum absolute atomic E-state index is 12.8. The Labute approximate surface area is 203 Å². The quantitative estimate of drug-likeness (QED) is 0.513. The van der Waals surface area contributed by atoms with Gasteiger partial charge in [-0.2, -0.15) is 0 Å². The van der Waals surface area contributed by atoms with Crippen molar-refractivity contribution in [2.45, 2.75) is 37.9 Å². The fourth-order valence-corrected chi connectivity index (χ4v) is 4.78. The number of nitrogens with zero attached hydrogens (tertiary/aromatic N) is 3. The third-order valence-corrected chi connectivity index (χ3v) is 7.02. The molecule has 2 aromatic heterocycles. The molecule has 4 rings (SSSR count). The van der Waals surface area contributed by atoms with Crippen molar-refractivity contribution in [3.05, 3.63) is 58.9 Å². The Kier molecular flexibility index (Phi) is 7.47. The van der Waals surface area contributed by atoms with Gasteiger partial charge in [-0.3, -0.25) is 0 Å². The van der Waals surface area contributed by atoms with Gasteiger partial charge in [-0.1, -0.05) is 24.0 Å². The number of benzene rings is 1. The van der Waals surface area contributed by atoms with Gasteiger partial charge in [0.25, 0.3) is 0 Å². The van der Waals surface area contributed by atoms with E-state index in [0.717, 1.165) is 41.9 Å². The molecule has 0 amide bonds. The molecule has 178 valence electrons. The lowest BCUT2D eigenvalue weighted by Gasteiger charge is -2.27. The summed E-state index contributed by atoms with van der Waals surface area (Å²) in [6.07, 6.45) is 5.92. The molecule has 1 aromatic carbocycles. The van der Waals surface area contributed by atoms with Crippen molar-refractivity contribution in [1.82, 2.24) is 14.9 Å². The van der Waals surface area contributed by atoms with Gasteiger partial charge in [0, 0.05) is 29.4 Å². The summed E-state index contributed by atoms with van der Waals surface area (Å²) in [6, 6.07) is 9.28. The van der Waals surface area contributed by atoms with Crippen molar-refractivity contribution in [2.24, 2.45) is 0 Å². The number of alkyl halides is 1. The van der Waals surface area contributed by atoms with Gasteiger partial charge in [0.2, 0.25) is 0 Å². The fraction of sp³-hybridized carbons (Fsp3) is 0.385. The Morgan fingerprint density at radius 2 is 2.06 bits per heavy atom. The number of thiazole rings is 1. The van der Waals surface area contributed by atoms with Crippen LogP contribution in [0.1, 0.15) is 41.8 Å². The zero-order chi connectivity index (χ0) is 24.1. The van der Waals surface area contributed by atoms with Crippen LogP contribution in [0.4, 0.5) is 10.2 Å². The average molecular weight is 481 g/mol. The fourth-order valence-electron chi connectivity index (χ4n) is 3.71. The molecule has 6 nitrogen and oxygen atoms in total. The highest BCUT2D eigenvalue weighted by Crippen LogP contribution is 2.36. The van der Waals surface area contributed by atoms with Crippen molar-refractivity contribution in [2.75, 3.05) is 32.5 Å². The van der Waals surface area contributed by atoms with E-state index in [1.807, 2.05) is 30.5 Å². The Hall–Kier alpha value is -2.99. The molecule has 0 bridgehead atoms. The highest BCUT2D eigenvalue weighted by molar-refractivity contribution is 7.15. The first-order valence-corrected chi connectivity index (χ1v) is 12.1. The number of anilines is 1. The maximum atomic E-state index is 12.8. The highest BCUT2D eigenvalue weighted by atomic mass is 32.1. The third kappa shape index (κ3) is 6.11. The van der Waals surface area contributed by atoms with Gasteiger partial charge in [0.15, 0.2) is 17.2 Å². The number of pyridine rings is 1. The molecular formula is C26H29FN4O2S. The molecule has 8 heteroatoms. The monoisotopic (exact) mass is 480 g/mol. The predicted octanol–water partition coefficient (Wildman–Crippen LogP) is 4.25. The first kappa shape index (κ1) is 24.1. The number of likely N-dealkylation sites (tertiary alicyclic amines) is 1. The topological polar surface area (TPSA) is 84.5 Å². The minimum Gasteiger partial charge on any atom is -0.485 e. The summed E-state index contributed by atoms with van der Waals surface area (Å²) < 4.78 is 18.7. The van der Waals surface area contributed by atoms with Crippen LogP contribution in [0, 0.1) is 11.8 Å². The Bertz CT molecular complexity index is 1190. The number of ether oxygens (including phenoxy) is 1. The van der Waals surface area contributed by atoms with Crippen LogP contribution >= 0.6 is 11.3 Å². The van der Waals surface area contributed by atoms with Gasteiger partial charge in [0.1, 0.15) is 13.3 Å². The lowest BCUT2D eigenvalue weighted by Crippen LogP contribution is -2.29. The van der Waals surface area contributed by atoms with Gasteiger partial charge in [-0.05, 0) is 63.7 Å². The number of nitrogen functional groups attached to an aromatic ring is 1. The molecular weight excluding hydrogens is 451 g/mol. The standard InChI is InChI=1S/C26H29FN4O2S/c1-26(32,17-27)9-6-18-4-3-5-19(12-18)16-33-22-13-21(14-29-24(22)28)23-15-30-25(34-23)20-7-10-31(2)11-8-20/h3-5,12-15,20,32H,7-8,10-11,16-17H2,1-2H3,(H2,28,29). The predicted molar refractivity (Wildman–Crippen MR) is 133 cm³/mol. The molecule has 1 unspecified atom stereocenters. The molecule has 0 aliphatic carbocycles. The third-order valence-electron chi connectivity index (χ3n) is 5.82. The Morgan fingerprint density at radius 1 is 1.26 bits per heavy atom. The summed E-state index contributed by atoms with van der Waals surface area (Å²) in [7, 11) is 2.16. The molecule has 1 atom stereocenters. The van der Waals surface area contributed by atoms with Gasteiger partial charge in [-0.25, -0.2) is 14.4 Å².